The average molecular weight is 280 g/mol. The number of carbonyl (C=O) groups is 1. The Morgan fingerprint density at radius 1 is 1.45 bits per heavy atom. The van der Waals surface area contributed by atoms with Crippen molar-refractivity contribution in [2.75, 3.05) is 6.61 Å². The fraction of sp³-hybridized carbons (Fsp3) is 0.643. The van der Waals surface area contributed by atoms with Gasteiger partial charge < -0.3 is 15.7 Å². The van der Waals surface area contributed by atoms with Gasteiger partial charge in [-0.1, -0.05) is 20.8 Å². The van der Waals surface area contributed by atoms with Gasteiger partial charge in [-0.2, -0.15) is 0 Å². The minimum absolute atomic E-state index is 0.0461. The Labute approximate surface area is 120 Å². The molecule has 1 rings (SSSR count). The Balaban J connectivity index is 2.42. The third-order valence-corrected chi connectivity index (χ3v) is 2.68. The highest BCUT2D eigenvalue weighted by Crippen LogP contribution is 2.20. The lowest BCUT2D eigenvalue weighted by molar-refractivity contribution is 0.190. The zero-order chi connectivity index (χ0) is 15.2. The highest BCUT2D eigenvalue weighted by Gasteiger charge is 2.19. The molecule has 1 atom stereocenters. The highest BCUT2D eigenvalue weighted by atomic mass is 16.3. The lowest BCUT2D eigenvalue weighted by atomic mass is 9.88. The van der Waals surface area contributed by atoms with E-state index in [2.05, 4.69) is 41.4 Å². The Bertz CT molecular complexity index is 443. The topological polar surface area (TPSA) is 87.1 Å². The third-order valence-electron chi connectivity index (χ3n) is 2.68. The molecule has 0 aliphatic rings. The number of aliphatic hydroxyl groups is 1. The average Bonchev–Trinajstić information content (AvgIpc) is 2.34. The van der Waals surface area contributed by atoms with Crippen molar-refractivity contribution in [1.29, 1.82) is 0 Å². The maximum atomic E-state index is 11.8. The predicted molar refractivity (Wildman–Crippen MR) is 77.1 cm³/mol. The number of hydrogen-bond donors (Lipinski definition) is 3. The molecule has 1 unspecified atom stereocenters. The number of aromatic nitrogens is 2. The normalized spacial score (nSPS) is 12.8. The molecule has 0 aliphatic heterocycles. The number of rotatable bonds is 5. The van der Waals surface area contributed by atoms with Crippen LogP contribution in [0.5, 0.6) is 0 Å². The Hall–Kier alpha value is -1.69. The first-order valence-corrected chi connectivity index (χ1v) is 6.74. The second-order valence-electron chi connectivity index (χ2n) is 6.07. The van der Waals surface area contributed by atoms with Gasteiger partial charge in [-0.3, -0.25) is 0 Å². The van der Waals surface area contributed by atoms with Crippen molar-refractivity contribution >= 4 is 6.03 Å². The number of hydrogen-bond acceptors (Lipinski definition) is 4. The number of urea groups is 1. The summed E-state index contributed by atoms with van der Waals surface area (Å²) in [6, 6.07) is 1.21. The van der Waals surface area contributed by atoms with Crippen molar-refractivity contribution in [1.82, 2.24) is 20.6 Å². The second-order valence-corrected chi connectivity index (χ2v) is 6.07. The number of carbonyl (C=O) groups excluding carboxylic acids is 1. The van der Waals surface area contributed by atoms with E-state index in [9.17, 15) is 9.90 Å². The number of aliphatic hydroxyl groups excluding tert-OH is 1. The van der Waals surface area contributed by atoms with Crippen LogP contribution in [0.3, 0.4) is 0 Å². The van der Waals surface area contributed by atoms with Crippen molar-refractivity contribution in [3.63, 3.8) is 0 Å². The smallest absolute Gasteiger partial charge is 0.315 e. The number of nitrogens with one attached hydrogen (secondary N) is 2. The molecule has 0 fully saturated rings. The van der Waals surface area contributed by atoms with Gasteiger partial charge in [0.05, 0.1) is 24.9 Å². The van der Waals surface area contributed by atoms with Crippen molar-refractivity contribution in [3.05, 3.63) is 23.8 Å². The molecular formula is C14H24N4O2. The molecule has 6 nitrogen and oxygen atoms in total. The van der Waals surface area contributed by atoms with E-state index in [1.165, 1.54) is 0 Å². The fourth-order valence-electron chi connectivity index (χ4n) is 1.91. The van der Waals surface area contributed by atoms with Crippen molar-refractivity contribution in [3.8, 4) is 0 Å². The van der Waals surface area contributed by atoms with Gasteiger partial charge in [0.1, 0.15) is 5.82 Å². The summed E-state index contributed by atoms with van der Waals surface area (Å²) in [5.74, 6) is 0.672. The van der Waals surface area contributed by atoms with Crippen LogP contribution in [0.4, 0.5) is 4.79 Å². The zero-order valence-electron chi connectivity index (χ0n) is 12.6. The highest BCUT2D eigenvalue weighted by molar-refractivity contribution is 5.74. The van der Waals surface area contributed by atoms with Crippen LogP contribution in [0.25, 0.3) is 0 Å². The molecule has 0 bridgehead atoms. The van der Waals surface area contributed by atoms with Crippen LogP contribution in [-0.2, 0) is 6.54 Å². The van der Waals surface area contributed by atoms with Gasteiger partial charge in [-0.25, -0.2) is 14.8 Å². The molecular weight excluding hydrogens is 256 g/mol. The zero-order valence-corrected chi connectivity index (χ0v) is 12.6. The molecule has 6 heteroatoms. The SMILES string of the molecule is Cc1nccc(CNC(=O)NC(CO)CC(C)(C)C)n1. The van der Waals surface area contributed by atoms with Gasteiger partial charge in [-0.15, -0.1) is 0 Å². The minimum Gasteiger partial charge on any atom is -0.394 e. The third kappa shape index (κ3) is 6.47. The quantitative estimate of drug-likeness (QED) is 0.760. The molecule has 1 aromatic rings. The molecule has 2 amide bonds. The van der Waals surface area contributed by atoms with Crippen LogP contribution in [0, 0.1) is 12.3 Å². The van der Waals surface area contributed by atoms with Crippen LogP contribution in [0.1, 0.15) is 38.7 Å². The summed E-state index contributed by atoms with van der Waals surface area (Å²) in [5.41, 5.74) is 0.800. The van der Waals surface area contributed by atoms with E-state index in [4.69, 9.17) is 0 Å². The van der Waals surface area contributed by atoms with Crippen molar-refractivity contribution in [2.45, 2.75) is 46.7 Å². The maximum Gasteiger partial charge on any atom is 0.315 e. The van der Waals surface area contributed by atoms with Gasteiger partial charge in [0.15, 0.2) is 0 Å². The summed E-state index contributed by atoms with van der Waals surface area (Å²) in [7, 11) is 0. The Kier molecular flexibility index (Phi) is 5.88. The molecule has 0 radical (unpaired) electrons. The van der Waals surface area contributed by atoms with Gasteiger partial charge in [0.25, 0.3) is 0 Å². The summed E-state index contributed by atoms with van der Waals surface area (Å²) in [4.78, 5) is 20.0. The van der Waals surface area contributed by atoms with E-state index in [0.29, 0.717) is 18.8 Å². The lowest BCUT2D eigenvalue weighted by Crippen LogP contribution is -2.45. The molecule has 20 heavy (non-hydrogen) atoms. The monoisotopic (exact) mass is 280 g/mol. The van der Waals surface area contributed by atoms with E-state index in [1.807, 2.05) is 0 Å². The first kappa shape index (κ1) is 16.4. The molecule has 3 N–H and O–H groups in total. The van der Waals surface area contributed by atoms with E-state index in [1.54, 1.807) is 19.2 Å². The first-order valence-electron chi connectivity index (χ1n) is 6.74. The van der Waals surface area contributed by atoms with Gasteiger partial charge >= 0.3 is 6.03 Å². The molecule has 0 saturated carbocycles. The summed E-state index contributed by atoms with van der Waals surface area (Å²) in [6.45, 7) is 8.27. The Morgan fingerprint density at radius 2 is 2.15 bits per heavy atom. The van der Waals surface area contributed by atoms with E-state index < -0.39 is 0 Å². The van der Waals surface area contributed by atoms with Crippen molar-refractivity contribution in [2.24, 2.45) is 5.41 Å². The van der Waals surface area contributed by atoms with Gasteiger partial charge in [0, 0.05) is 6.20 Å². The second kappa shape index (κ2) is 7.19. The predicted octanol–water partition coefficient (Wildman–Crippen LogP) is 1.38. The van der Waals surface area contributed by atoms with Crippen molar-refractivity contribution < 1.29 is 9.90 Å². The van der Waals surface area contributed by atoms with Gasteiger partial charge in [-0.05, 0) is 24.8 Å². The molecule has 0 aromatic carbocycles. The Morgan fingerprint density at radius 3 is 2.70 bits per heavy atom. The van der Waals surface area contributed by atoms with E-state index >= 15 is 0 Å². The first-order chi connectivity index (χ1) is 9.30. The van der Waals surface area contributed by atoms with Crippen LogP contribution in [-0.4, -0.2) is 33.8 Å². The van der Waals surface area contributed by atoms with Gasteiger partial charge in [0.2, 0.25) is 0 Å². The largest absolute Gasteiger partial charge is 0.394 e. The summed E-state index contributed by atoms with van der Waals surface area (Å²) in [6.07, 6.45) is 2.37. The number of nitrogens with zero attached hydrogens (tertiary/aromatic N) is 2. The summed E-state index contributed by atoms with van der Waals surface area (Å²) >= 11 is 0. The molecule has 1 aromatic heterocycles. The van der Waals surface area contributed by atoms with E-state index in [0.717, 1.165) is 5.69 Å². The molecule has 112 valence electrons. The number of aryl methyl sites for hydroxylation is 1. The van der Waals surface area contributed by atoms with E-state index in [-0.39, 0.29) is 24.1 Å². The van der Waals surface area contributed by atoms with Crippen LogP contribution in [0.15, 0.2) is 12.3 Å². The summed E-state index contributed by atoms with van der Waals surface area (Å²) in [5, 5.41) is 14.8. The number of amides is 2. The van der Waals surface area contributed by atoms with Crippen LogP contribution in [0.2, 0.25) is 0 Å². The fourth-order valence-corrected chi connectivity index (χ4v) is 1.91. The molecule has 0 aliphatic carbocycles. The lowest BCUT2D eigenvalue weighted by Gasteiger charge is -2.25. The summed E-state index contributed by atoms with van der Waals surface area (Å²) < 4.78 is 0. The molecule has 1 heterocycles. The standard InChI is InChI=1S/C14H24N4O2/c1-10-15-6-5-11(17-10)8-16-13(20)18-12(9-19)7-14(2,3)4/h5-6,12,19H,7-9H2,1-4H3,(H2,16,18,20). The molecule has 0 spiro atoms. The van der Waals surface area contributed by atoms with Crippen LogP contribution < -0.4 is 10.6 Å². The minimum atomic E-state index is -0.301. The molecule has 0 saturated heterocycles. The maximum absolute atomic E-state index is 11.8. The van der Waals surface area contributed by atoms with Crippen LogP contribution >= 0.6 is 0 Å².